The number of rotatable bonds is 12. The van der Waals surface area contributed by atoms with Crippen LogP contribution >= 0.6 is 21.6 Å². The molecule has 0 saturated heterocycles. The van der Waals surface area contributed by atoms with E-state index in [2.05, 4.69) is 10.6 Å². The van der Waals surface area contributed by atoms with Gasteiger partial charge in [0.25, 0.3) is 11.8 Å². The highest BCUT2D eigenvalue weighted by molar-refractivity contribution is 8.76. The van der Waals surface area contributed by atoms with Gasteiger partial charge in [0, 0.05) is 93.0 Å². The van der Waals surface area contributed by atoms with Gasteiger partial charge in [0.15, 0.2) is 10.9 Å². The molecule has 0 atom stereocenters. The zero-order valence-electron chi connectivity index (χ0n) is 31.7. The Kier molecular flexibility index (Phi) is 11.1. The van der Waals surface area contributed by atoms with Gasteiger partial charge in [0.2, 0.25) is 0 Å². The monoisotopic (exact) mass is 838 g/mol. The van der Waals surface area contributed by atoms with Gasteiger partial charge < -0.3 is 34.8 Å². The van der Waals surface area contributed by atoms with Gasteiger partial charge in [0.05, 0.1) is 5.56 Å². The summed E-state index contributed by atoms with van der Waals surface area (Å²) >= 11 is 0. The average Bonchev–Trinajstić information content (AvgIpc) is 3.22. The van der Waals surface area contributed by atoms with E-state index in [1.807, 2.05) is 19.1 Å². The Morgan fingerprint density at radius 1 is 0.567 bits per heavy atom. The number of aromatic hydroxyl groups is 2. The molecule has 5 N–H and O–H groups in total. The SMILES string of the molecule is Cc1cc(C(=O)NCCSSCCNC(=O)c2ccc(-c3c4ccc(=O)cc-4oc4cc(O)ccc34)c(C(=O)O)c2)ccc1-c1c2ccc(=O)cc-2oc2cc(O)ccc12. The van der Waals surface area contributed by atoms with Crippen molar-refractivity contribution in [1.82, 2.24) is 10.6 Å². The minimum absolute atomic E-state index is 0.0371. The number of benzene rings is 6. The van der Waals surface area contributed by atoms with Crippen molar-refractivity contribution in [3.05, 3.63) is 152 Å². The summed E-state index contributed by atoms with van der Waals surface area (Å²) in [6.45, 7) is 2.63. The average molecular weight is 839 g/mol. The fourth-order valence-corrected chi connectivity index (χ4v) is 9.01. The van der Waals surface area contributed by atoms with Gasteiger partial charge in [0.1, 0.15) is 34.2 Å². The van der Waals surface area contributed by atoms with E-state index in [4.69, 9.17) is 8.83 Å². The number of carboxylic acids is 1. The molecule has 2 aliphatic heterocycles. The second-order valence-electron chi connectivity index (χ2n) is 13.9. The smallest absolute Gasteiger partial charge is 0.336 e. The number of aryl methyl sites for hydroxylation is 1. The van der Waals surface area contributed by atoms with Crippen LogP contribution in [-0.2, 0) is 0 Å². The summed E-state index contributed by atoms with van der Waals surface area (Å²) in [6, 6.07) is 28.0. The van der Waals surface area contributed by atoms with Crippen molar-refractivity contribution in [2.75, 3.05) is 24.6 Å². The molecule has 14 heteroatoms. The van der Waals surface area contributed by atoms with E-state index < -0.39 is 11.9 Å². The van der Waals surface area contributed by atoms with Gasteiger partial charge in [-0.15, -0.1) is 0 Å². The molecule has 2 heterocycles. The highest BCUT2D eigenvalue weighted by Crippen LogP contribution is 2.43. The Hall–Kier alpha value is -7.03. The minimum atomic E-state index is -1.25. The second-order valence-corrected chi connectivity index (χ2v) is 16.6. The first-order valence-electron chi connectivity index (χ1n) is 18.6. The van der Waals surface area contributed by atoms with Gasteiger partial charge in [-0.25, -0.2) is 4.79 Å². The van der Waals surface area contributed by atoms with Gasteiger partial charge in [-0.3, -0.25) is 19.2 Å². The summed E-state index contributed by atoms with van der Waals surface area (Å²) in [5.41, 5.74) is 5.29. The molecule has 2 amide bonds. The van der Waals surface area contributed by atoms with Crippen LogP contribution in [0.4, 0.5) is 0 Å². The van der Waals surface area contributed by atoms with Crippen LogP contribution in [0, 0.1) is 6.92 Å². The molecule has 8 rings (SSSR count). The maximum absolute atomic E-state index is 13.1. The molecule has 0 bridgehead atoms. The summed E-state index contributed by atoms with van der Waals surface area (Å²) in [4.78, 5) is 63.0. The molecular formula is C46H34N2O10S2. The quantitative estimate of drug-likeness (QED) is 0.0448. The summed E-state index contributed by atoms with van der Waals surface area (Å²) in [6.07, 6.45) is 0. The summed E-state index contributed by atoms with van der Waals surface area (Å²) in [5, 5.41) is 37.4. The van der Waals surface area contributed by atoms with E-state index in [-0.39, 0.29) is 50.7 Å². The molecule has 4 aliphatic rings. The van der Waals surface area contributed by atoms with Crippen molar-refractivity contribution in [2.24, 2.45) is 0 Å². The molecule has 0 fully saturated rings. The number of hydrogen-bond donors (Lipinski definition) is 5. The maximum Gasteiger partial charge on any atom is 0.336 e. The van der Waals surface area contributed by atoms with Gasteiger partial charge in [-0.1, -0.05) is 33.7 Å². The predicted molar refractivity (Wildman–Crippen MR) is 234 cm³/mol. The molecule has 4 aromatic carbocycles. The van der Waals surface area contributed by atoms with Gasteiger partial charge in [-0.2, -0.15) is 0 Å². The normalized spacial score (nSPS) is 11.3. The third-order valence-electron chi connectivity index (χ3n) is 9.92. The third kappa shape index (κ3) is 8.02. The van der Waals surface area contributed by atoms with E-state index in [1.165, 1.54) is 70.1 Å². The van der Waals surface area contributed by atoms with Gasteiger partial charge >= 0.3 is 5.97 Å². The topological polar surface area (TPSA) is 196 Å². The summed E-state index contributed by atoms with van der Waals surface area (Å²) in [7, 11) is 3.06. The zero-order chi connectivity index (χ0) is 42.1. The Labute approximate surface area is 349 Å². The molecule has 0 unspecified atom stereocenters. The number of phenols is 2. The maximum atomic E-state index is 13.1. The number of amides is 2. The fourth-order valence-electron chi connectivity index (χ4n) is 7.20. The van der Waals surface area contributed by atoms with Crippen molar-refractivity contribution in [1.29, 1.82) is 0 Å². The lowest BCUT2D eigenvalue weighted by atomic mass is 9.90. The van der Waals surface area contributed by atoms with E-state index in [9.17, 15) is 39.3 Å². The molecule has 60 heavy (non-hydrogen) atoms. The molecule has 4 aromatic rings. The molecule has 300 valence electrons. The number of hydrogen-bond acceptors (Lipinski definition) is 11. The van der Waals surface area contributed by atoms with Gasteiger partial charge in [-0.05, 0) is 96.4 Å². The van der Waals surface area contributed by atoms with E-state index in [0.717, 1.165) is 27.6 Å². The number of carbonyl (C=O) groups excluding carboxylic acids is 2. The number of carboxylic acid groups (broad SMARTS) is 1. The van der Waals surface area contributed by atoms with Crippen molar-refractivity contribution in [2.45, 2.75) is 6.92 Å². The Balaban J connectivity index is 0.856. The van der Waals surface area contributed by atoms with Crippen LogP contribution in [0.5, 0.6) is 11.5 Å². The van der Waals surface area contributed by atoms with Crippen LogP contribution < -0.4 is 21.5 Å². The lowest BCUT2D eigenvalue weighted by Crippen LogP contribution is -2.26. The van der Waals surface area contributed by atoms with Crippen molar-refractivity contribution >= 4 is 61.3 Å². The molecule has 2 aliphatic carbocycles. The number of nitrogens with one attached hydrogen (secondary N) is 2. The lowest BCUT2D eigenvalue weighted by Gasteiger charge is -2.17. The molecular weight excluding hydrogens is 805 g/mol. The van der Waals surface area contributed by atoms with Crippen molar-refractivity contribution < 1.29 is 38.5 Å². The van der Waals surface area contributed by atoms with Crippen LogP contribution in [0.15, 0.2) is 128 Å². The predicted octanol–water partition coefficient (Wildman–Crippen LogP) is 8.40. The van der Waals surface area contributed by atoms with Crippen LogP contribution in [0.1, 0.15) is 36.6 Å². The Bertz CT molecular complexity index is 3070. The zero-order valence-corrected chi connectivity index (χ0v) is 33.4. The highest BCUT2D eigenvalue weighted by Gasteiger charge is 2.24. The Morgan fingerprint density at radius 3 is 1.53 bits per heavy atom. The van der Waals surface area contributed by atoms with Crippen molar-refractivity contribution in [3.63, 3.8) is 0 Å². The molecule has 0 saturated carbocycles. The number of phenolic OH excluding ortho intramolecular Hbond substituents is 2. The summed E-state index contributed by atoms with van der Waals surface area (Å²) < 4.78 is 11.8. The van der Waals surface area contributed by atoms with E-state index >= 15 is 0 Å². The largest absolute Gasteiger partial charge is 0.508 e. The molecule has 12 nitrogen and oxygen atoms in total. The van der Waals surface area contributed by atoms with Crippen LogP contribution in [-0.4, -0.2) is 57.7 Å². The lowest BCUT2D eigenvalue weighted by molar-refractivity contribution is 0.0697. The first-order valence-corrected chi connectivity index (χ1v) is 21.1. The second kappa shape index (κ2) is 16.7. The molecule has 0 spiro atoms. The minimum Gasteiger partial charge on any atom is -0.508 e. The fraction of sp³-hybridized carbons (Fsp3) is 0.109. The highest BCUT2D eigenvalue weighted by atomic mass is 33.1. The summed E-state index contributed by atoms with van der Waals surface area (Å²) in [5.74, 6) is -0.162. The molecule has 0 radical (unpaired) electrons. The van der Waals surface area contributed by atoms with E-state index in [0.29, 0.717) is 63.6 Å². The Morgan fingerprint density at radius 2 is 1.03 bits per heavy atom. The standard InChI is InChI=1S/C46H34N2O10S2/c1-24-18-25(2-8-31(24)42-33-10-4-27(49)20-38(33)57-39-21-28(50)5-11-34(39)42)44(53)47-14-16-59-60-17-15-48-45(54)26-3-9-32(37(19-26)46(55)56)43-35-12-6-29(51)22-40(35)58-41-23-30(52)7-13-36(41)43/h2-13,18-23,49,51H,14-17H2,1H3,(H,47,53)(H,48,54)(H,55,56). The molecule has 0 aromatic heterocycles. The number of aromatic carboxylic acids is 1. The van der Waals surface area contributed by atoms with Crippen LogP contribution in [0.25, 0.3) is 66.8 Å². The van der Waals surface area contributed by atoms with Crippen molar-refractivity contribution in [3.8, 4) is 56.4 Å². The van der Waals surface area contributed by atoms with E-state index in [1.54, 1.807) is 48.5 Å². The third-order valence-corrected chi connectivity index (χ3v) is 12.3. The first kappa shape index (κ1) is 39.8. The first-order chi connectivity index (χ1) is 28.9. The van der Waals surface area contributed by atoms with Crippen LogP contribution in [0.2, 0.25) is 0 Å². The number of fused-ring (bicyclic) bond motifs is 4. The number of carbonyl (C=O) groups is 3. The van der Waals surface area contributed by atoms with Crippen LogP contribution in [0.3, 0.4) is 0 Å².